The van der Waals surface area contributed by atoms with Crippen molar-refractivity contribution in [3.05, 3.63) is 119 Å². The first-order chi connectivity index (χ1) is 20.3. The lowest BCUT2D eigenvalue weighted by atomic mass is 10.0. The van der Waals surface area contributed by atoms with Gasteiger partial charge in [0.25, 0.3) is 5.91 Å². The van der Waals surface area contributed by atoms with E-state index in [1.807, 2.05) is 79.1 Å². The van der Waals surface area contributed by atoms with Crippen molar-refractivity contribution in [2.24, 2.45) is 5.16 Å². The number of aromatic nitrogens is 2. The molecule has 2 aromatic carbocycles. The number of thioether (sulfide) groups is 1. The van der Waals surface area contributed by atoms with Crippen LogP contribution in [-0.4, -0.2) is 52.3 Å². The number of nitrogens with one attached hydrogen (secondary N) is 1. The number of hydrogen-bond donors (Lipinski definition) is 1. The Morgan fingerprint density at radius 1 is 0.977 bits per heavy atom. The number of oxime groups is 1. The first-order valence-electron chi connectivity index (χ1n) is 14.4. The Morgan fingerprint density at radius 3 is 2.58 bits per heavy atom. The van der Waals surface area contributed by atoms with E-state index in [0.29, 0.717) is 12.2 Å². The van der Waals surface area contributed by atoms with Crippen molar-refractivity contribution in [2.45, 2.75) is 36.8 Å². The maximum absolute atomic E-state index is 13.4. The Morgan fingerprint density at radius 2 is 1.79 bits per heavy atom. The number of fused-ring (bicyclic) bond motifs is 1. The van der Waals surface area contributed by atoms with Gasteiger partial charge in [0.1, 0.15) is 17.7 Å². The molecule has 1 atom stereocenters. The number of hydrogen-bond acceptors (Lipinski definition) is 6. The molecule has 2 aliphatic heterocycles. The second kappa shape index (κ2) is 16.0. The van der Waals surface area contributed by atoms with Crippen LogP contribution >= 0.6 is 36.6 Å². The number of piperidine rings is 1. The number of likely N-dealkylation sites (tertiary alicyclic amines) is 1. The van der Waals surface area contributed by atoms with Crippen molar-refractivity contribution in [1.82, 2.24) is 14.5 Å². The highest BCUT2D eigenvalue weighted by Crippen LogP contribution is 2.42. The van der Waals surface area contributed by atoms with Crippen molar-refractivity contribution in [1.29, 1.82) is 0 Å². The van der Waals surface area contributed by atoms with E-state index in [1.54, 1.807) is 18.0 Å². The van der Waals surface area contributed by atoms with E-state index >= 15 is 0 Å². The zero-order valence-corrected chi connectivity index (χ0v) is 26.4. The SMILES string of the molecule is Cl.Cl.O=C(Nc1cccc(C(=NOCCCN2CCCCC2)c2ccccc2)c1)c1ccn2c1CSC2c1cccnc1. The molecule has 6 rings (SSSR count). The van der Waals surface area contributed by atoms with Crippen molar-refractivity contribution in [2.75, 3.05) is 31.6 Å². The predicted molar refractivity (Wildman–Crippen MR) is 180 cm³/mol. The van der Waals surface area contributed by atoms with Gasteiger partial charge in [-0.05, 0) is 56.6 Å². The van der Waals surface area contributed by atoms with Gasteiger partial charge >= 0.3 is 0 Å². The topological polar surface area (TPSA) is 71.8 Å². The molecule has 43 heavy (non-hydrogen) atoms. The molecule has 0 aliphatic carbocycles. The molecular weight excluding hydrogens is 601 g/mol. The van der Waals surface area contributed by atoms with Gasteiger partial charge in [-0.25, -0.2) is 0 Å². The molecule has 7 nitrogen and oxygen atoms in total. The highest BCUT2D eigenvalue weighted by molar-refractivity contribution is 7.99. The molecular formula is C33H37Cl2N5O2S. The van der Waals surface area contributed by atoms with Gasteiger partial charge in [0.2, 0.25) is 0 Å². The Kier molecular flexibility index (Phi) is 12.1. The van der Waals surface area contributed by atoms with Crippen LogP contribution in [-0.2, 0) is 10.6 Å². The van der Waals surface area contributed by atoms with E-state index < -0.39 is 0 Å². The third kappa shape index (κ3) is 8.00. The molecule has 0 bridgehead atoms. The zero-order chi connectivity index (χ0) is 27.9. The largest absolute Gasteiger partial charge is 0.395 e. The van der Waals surface area contributed by atoms with Crippen LogP contribution in [0.4, 0.5) is 5.69 Å². The second-order valence-corrected chi connectivity index (χ2v) is 11.5. The number of pyridine rings is 1. The van der Waals surface area contributed by atoms with E-state index in [0.717, 1.165) is 52.5 Å². The van der Waals surface area contributed by atoms with Gasteiger partial charge in [-0.2, -0.15) is 0 Å². The van der Waals surface area contributed by atoms with Crippen LogP contribution in [0.2, 0.25) is 0 Å². The standard InChI is InChI=1S/C33H35N5O2S.2ClH/c39-32(29-15-20-38-30(29)24-41-33(38)27-13-8-16-34-23-27)35-28-14-7-12-26(22-28)31(25-10-3-1-4-11-25)36-40-21-9-19-37-17-5-2-6-18-37;;/h1,3-4,7-8,10-16,20,22-23,33H,2,5-6,9,17-19,21,24H2,(H,35,39);2*1H. The summed E-state index contributed by atoms with van der Waals surface area (Å²) in [5.74, 6) is 0.658. The van der Waals surface area contributed by atoms with Crippen LogP contribution in [0.1, 0.15) is 63.8 Å². The highest BCUT2D eigenvalue weighted by Gasteiger charge is 2.28. The first kappa shape index (κ1) is 32.6. The van der Waals surface area contributed by atoms with E-state index in [-0.39, 0.29) is 36.1 Å². The molecule has 2 aliphatic rings. The summed E-state index contributed by atoms with van der Waals surface area (Å²) in [6, 6.07) is 23.8. The Hall–Kier alpha value is -3.30. The summed E-state index contributed by atoms with van der Waals surface area (Å²) in [5, 5.41) is 7.82. The van der Waals surface area contributed by atoms with Crippen LogP contribution in [0.25, 0.3) is 0 Å². The van der Waals surface area contributed by atoms with Gasteiger partial charge in [0.05, 0.1) is 5.56 Å². The summed E-state index contributed by atoms with van der Waals surface area (Å²) in [7, 11) is 0. The molecule has 0 saturated carbocycles. The van der Waals surface area contributed by atoms with Crippen molar-refractivity contribution in [3.8, 4) is 0 Å². The highest BCUT2D eigenvalue weighted by atomic mass is 35.5. The van der Waals surface area contributed by atoms with Crippen LogP contribution in [0.15, 0.2) is 96.5 Å². The number of rotatable bonds is 10. The second-order valence-electron chi connectivity index (χ2n) is 10.5. The molecule has 1 fully saturated rings. The average Bonchev–Trinajstić information content (AvgIpc) is 3.63. The summed E-state index contributed by atoms with van der Waals surface area (Å²) in [5.41, 5.74) is 6.18. The third-order valence-corrected chi connectivity index (χ3v) is 8.88. The van der Waals surface area contributed by atoms with Crippen LogP contribution in [0.3, 0.4) is 0 Å². The minimum Gasteiger partial charge on any atom is -0.395 e. The summed E-state index contributed by atoms with van der Waals surface area (Å²) >= 11 is 1.80. The zero-order valence-electron chi connectivity index (χ0n) is 23.9. The molecule has 0 spiro atoms. The number of benzene rings is 2. The van der Waals surface area contributed by atoms with Crippen molar-refractivity contribution < 1.29 is 9.63 Å². The number of nitrogens with zero attached hydrogens (tertiary/aromatic N) is 4. The molecule has 4 heterocycles. The van der Waals surface area contributed by atoms with Crippen LogP contribution < -0.4 is 5.32 Å². The lowest BCUT2D eigenvalue weighted by molar-refractivity contribution is 0.102. The molecule has 1 amide bonds. The number of anilines is 1. The van der Waals surface area contributed by atoms with Gasteiger partial charge in [-0.3, -0.25) is 9.78 Å². The molecule has 1 saturated heterocycles. The number of carbonyl (C=O) groups is 1. The van der Waals surface area contributed by atoms with Gasteiger partial charge in [-0.15, -0.1) is 36.6 Å². The van der Waals surface area contributed by atoms with Crippen LogP contribution in [0, 0.1) is 0 Å². The molecule has 1 N–H and O–H groups in total. The molecule has 1 unspecified atom stereocenters. The van der Waals surface area contributed by atoms with Crippen molar-refractivity contribution >= 4 is 53.9 Å². The fourth-order valence-electron chi connectivity index (χ4n) is 5.53. The summed E-state index contributed by atoms with van der Waals surface area (Å²) in [6.45, 7) is 3.99. The lowest BCUT2D eigenvalue weighted by Gasteiger charge is -2.25. The minimum absolute atomic E-state index is 0. The Bertz CT molecular complexity index is 1490. The molecule has 0 radical (unpaired) electrons. The van der Waals surface area contributed by atoms with Crippen molar-refractivity contribution in [3.63, 3.8) is 0 Å². The number of amides is 1. The van der Waals surface area contributed by atoms with Gasteiger partial charge in [0, 0.05) is 59.0 Å². The Balaban J connectivity index is 0.00000212. The molecule has 226 valence electrons. The lowest BCUT2D eigenvalue weighted by Crippen LogP contribution is -2.31. The van der Waals surface area contributed by atoms with E-state index in [1.165, 1.54) is 32.4 Å². The first-order valence-corrected chi connectivity index (χ1v) is 15.4. The molecule has 4 aromatic rings. The molecule has 10 heteroatoms. The van der Waals surface area contributed by atoms with Gasteiger partial charge in [0.15, 0.2) is 0 Å². The maximum atomic E-state index is 13.4. The number of carbonyl (C=O) groups excluding carboxylic acids is 1. The van der Waals surface area contributed by atoms with Crippen LogP contribution in [0.5, 0.6) is 0 Å². The Labute approximate surface area is 269 Å². The van der Waals surface area contributed by atoms with E-state index in [9.17, 15) is 4.79 Å². The van der Waals surface area contributed by atoms with Gasteiger partial charge < -0.3 is 19.6 Å². The fourth-order valence-corrected chi connectivity index (χ4v) is 6.84. The van der Waals surface area contributed by atoms with E-state index in [4.69, 9.17) is 4.84 Å². The normalized spacial score (nSPS) is 16.5. The fraction of sp³-hybridized carbons (Fsp3) is 0.303. The monoisotopic (exact) mass is 637 g/mol. The predicted octanol–water partition coefficient (Wildman–Crippen LogP) is 7.42. The quantitative estimate of drug-likeness (QED) is 0.111. The smallest absolute Gasteiger partial charge is 0.257 e. The number of halogens is 2. The summed E-state index contributed by atoms with van der Waals surface area (Å²) in [6.07, 6.45) is 10.6. The van der Waals surface area contributed by atoms with Gasteiger partial charge in [-0.1, -0.05) is 60.1 Å². The maximum Gasteiger partial charge on any atom is 0.257 e. The minimum atomic E-state index is -0.115. The molecule has 2 aromatic heterocycles. The summed E-state index contributed by atoms with van der Waals surface area (Å²) in [4.78, 5) is 26.0. The third-order valence-electron chi connectivity index (χ3n) is 7.62. The van der Waals surface area contributed by atoms with E-state index in [2.05, 4.69) is 31.0 Å². The average molecular weight is 639 g/mol. The summed E-state index contributed by atoms with van der Waals surface area (Å²) < 4.78 is 2.18.